The van der Waals surface area contributed by atoms with Crippen LogP contribution in [0.3, 0.4) is 0 Å². The standard InChI is InChI=1S/C14H18ClFINO/c1-9(2)14(17,10-6-7-18-8-10)19-12-5-3-4-11(16)13(12)15/h3-5,9-10,18H,6-8H2,1-2H3/t10?,14-/m1/s1. The zero-order chi connectivity index (χ0) is 14.0. The fourth-order valence-electron chi connectivity index (χ4n) is 2.39. The van der Waals surface area contributed by atoms with Crippen LogP contribution in [0.4, 0.5) is 4.39 Å². The summed E-state index contributed by atoms with van der Waals surface area (Å²) in [6, 6.07) is 4.70. The molecule has 1 aromatic rings. The van der Waals surface area contributed by atoms with Gasteiger partial charge in [0.2, 0.25) is 0 Å². The molecule has 0 amide bonds. The molecule has 0 bridgehead atoms. The first-order valence-electron chi connectivity index (χ1n) is 6.47. The summed E-state index contributed by atoms with van der Waals surface area (Å²) >= 11 is 8.35. The lowest BCUT2D eigenvalue weighted by molar-refractivity contribution is 0.0793. The Morgan fingerprint density at radius 1 is 1.53 bits per heavy atom. The van der Waals surface area contributed by atoms with E-state index >= 15 is 0 Å². The topological polar surface area (TPSA) is 21.3 Å². The van der Waals surface area contributed by atoms with Gasteiger partial charge >= 0.3 is 0 Å². The lowest BCUT2D eigenvalue weighted by atomic mass is 9.92. The molecule has 1 N–H and O–H groups in total. The van der Waals surface area contributed by atoms with Gasteiger partial charge in [-0.1, -0.05) is 31.5 Å². The summed E-state index contributed by atoms with van der Waals surface area (Å²) in [7, 11) is 0. The Balaban J connectivity index is 2.28. The van der Waals surface area contributed by atoms with Gasteiger partial charge in [-0.05, 0) is 47.7 Å². The van der Waals surface area contributed by atoms with Crippen LogP contribution in [0.1, 0.15) is 20.3 Å². The van der Waals surface area contributed by atoms with Crippen molar-refractivity contribution in [3.8, 4) is 5.75 Å². The van der Waals surface area contributed by atoms with Gasteiger partial charge in [-0.2, -0.15) is 0 Å². The minimum atomic E-state index is -0.439. The largest absolute Gasteiger partial charge is 0.475 e. The van der Waals surface area contributed by atoms with Gasteiger partial charge in [-0.25, -0.2) is 4.39 Å². The van der Waals surface area contributed by atoms with Gasteiger partial charge in [0.15, 0.2) is 3.61 Å². The second-order valence-corrected chi connectivity index (χ2v) is 7.26. The van der Waals surface area contributed by atoms with E-state index in [9.17, 15) is 4.39 Å². The fourth-order valence-corrected chi connectivity index (χ4v) is 3.33. The summed E-state index contributed by atoms with van der Waals surface area (Å²) < 4.78 is 19.3. The molecule has 19 heavy (non-hydrogen) atoms. The number of halogens is 3. The Hall–Kier alpha value is -0.0700. The third-order valence-electron chi connectivity index (χ3n) is 3.59. The van der Waals surface area contributed by atoms with Crippen molar-refractivity contribution in [2.24, 2.45) is 11.8 Å². The summed E-state index contributed by atoms with van der Waals surface area (Å²) in [5.74, 6) is 0.688. The highest BCUT2D eigenvalue weighted by molar-refractivity contribution is 14.1. The smallest absolute Gasteiger partial charge is 0.165 e. The third kappa shape index (κ3) is 3.16. The summed E-state index contributed by atoms with van der Waals surface area (Å²) in [6.07, 6.45) is 1.06. The van der Waals surface area contributed by atoms with Gasteiger partial charge in [0, 0.05) is 18.4 Å². The highest BCUT2D eigenvalue weighted by Crippen LogP contribution is 2.43. The van der Waals surface area contributed by atoms with Crippen LogP contribution < -0.4 is 10.1 Å². The van der Waals surface area contributed by atoms with E-state index < -0.39 is 5.82 Å². The molecule has 0 saturated carbocycles. The number of hydrogen-bond donors (Lipinski definition) is 1. The average molecular weight is 398 g/mol. The van der Waals surface area contributed by atoms with Crippen molar-refractivity contribution in [2.45, 2.75) is 23.9 Å². The summed E-state index contributed by atoms with van der Waals surface area (Å²) in [5.41, 5.74) is 0. The van der Waals surface area contributed by atoms with E-state index in [0.717, 1.165) is 19.5 Å². The number of nitrogens with one attached hydrogen (secondary N) is 1. The molecule has 106 valence electrons. The SMILES string of the molecule is CC(C)[C@@](I)(Oc1cccc(F)c1Cl)C1CCNC1. The molecule has 1 aliphatic heterocycles. The molecule has 1 aromatic carbocycles. The average Bonchev–Trinajstić information content (AvgIpc) is 2.89. The van der Waals surface area contributed by atoms with Crippen molar-refractivity contribution in [2.75, 3.05) is 13.1 Å². The zero-order valence-corrected chi connectivity index (χ0v) is 14.0. The van der Waals surface area contributed by atoms with E-state index in [2.05, 4.69) is 41.8 Å². The molecule has 0 aliphatic carbocycles. The van der Waals surface area contributed by atoms with Crippen molar-refractivity contribution < 1.29 is 9.13 Å². The summed E-state index contributed by atoms with van der Waals surface area (Å²) in [5, 5.41) is 3.42. The Kier molecular flexibility index (Phi) is 4.95. The molecular formula is C14H18ClFINO. The van der Waals surface area contributed by atoms with Gasteiger partial charge in [0.1, 0.15) is 16.6 Å². The minimum absolute atomic E-state index is 0.0650. The molecule has 0 aromatic heterocycles. The van der Waals surface area contributed by atoms with Gasteiger partial charge < -0.3 is 10.1 Å². The first kappa shape index (κ1) is 15.3. The number of hydrogen-bond acceptors (Lipinski definition) is 2. The molecule has 1 unspecified atom stereocenters. The molecule has 1 heterocycles. The fraction of sp³-hybridized carbons (Fsp3) is 0.571. The summed E-state index contributed by atoms with van der Waals surface area (Å²) in [6.45, 7) is 6.17. The van der Waals surface area contributed by atoms with Crippen molar-refractivity contribution in [3.05, 3.63) is 29.0 Å². The molecule has 2 nitrogen and oxygen atoms in total. The van der Waals surface area contributed by atoms with E-state index in [-0.39, 0.29) is 8.63 Å². The van der Waals surface area contributed by atoms with Crippen LogP contribution in [-0.4, -0.2) is 16.7 Å². The van der Waals surface area contributed by atoms with Crippen LogP contribution in [0.15, 0.2) is 18.2 Å². The van der Waals surface area contributed by atoms with Gasteiger partial charge in [0.25, 0.3) is 0 Å². The second kappa shape index (κ2) is 6.14. The third-order valence-corrected chi connectivity index (χ3v) is 6.30. The Morgan fingerprint density at radius 2 is 2.26 bits per heavy atom. The molecule has 1 saturated heterocycles. The lowest BCUT2D eigenvalue weighted by Gasteiger charge is -2.37. The van der Waals surface area contributed by atoms with Crippen LogP contribution >= 0.6 is 34.2 Å². The molecule has 2 rings (SSSR count). The summed E-state index contributed by atoms with van der Waals surface area (Å²) in [4.78, 5) is 0. The maximum absolute atomic E-state index is 13.5. The Morgan fingerprint density at radius 3 is 2.84 bits per heavy atom. The monoisotopic (exact) mass is 397 g/mol. The van der Waals surface area contributed by atoms with Crippen molar-refractivity contribution in [3.63, 3.8) is 0 Å². The highest BCUT2D eigenvalue weighted by atomic mass is 127. The predicted octanol–water partition coefficient (Wildman–Crippen LogP) is 4.25. The van der Waals surface area contributed by atoms with Crippen LogP contribution in [0.25, 0.3) is 0 Å². The quantitative estimate of drug-likeness (QED) is 0.606. The van der Waals surface area contributed by atoms with Crippen LogP contribution in [0.5, 0.6) is 5.75 Å². The Labute approximate surface area is 132 Å². The number of benzene rings is 1. The van der Waals surface area contributed by atoms with E-state index in [1.165, 1.54) is 6.07 Å². The van der Waals surface area contributed by atoms with Gasteiger partial charge in [-0.15, -0.1) is 0 Å². The van der Waals surface area contributed by atoms with Crippen molar-refractivity contribution in [1.29, 1.82) is 0 Å². The first-order chi connectivity index (χ1) is 8.95. The van der Waals surface area contributed by atoms with E-state index in [1.807, 2.05) is 0 Å². The predicted molar refractivity (Wildman–Crippen MR) is 84.6 cm³/mol. The number of ether oxygens (including phenoxy) is 1. The van der Waals surface area contributed by atoms with Crippen LogP contribution in [-0.2, 0) is 0 Å². The lowest BCUT2D eigenvalue weighted by Crippen LogP contribution is -2.43. The van der Waals surface area contributed by atoms with E-state index in [1.54, 1.807) is 12.1 Å². The number of rotatable bonds is 4. The molecular weight excluding hydrogens is 380 g/mol. The molecule has 1 aliphatic rings. The highest BCUT2D eigenvalue weighted by Gasteiger charge is 2.43. The molecule has 0 radical (unpaired) electrons. The molecule has 2 atom stereocenters. The minimum Gasteiger partial charge on any atom is -0.475 e. The number of alkyl halides is 1. The Bertz CT molecular complexity index is 451. The van der Waals surface area contributed by atoms with Gasteiger partial charge in [0.05, 0.1) is 0 Å². The first-order valence-corrected chi connectivity index (χ1v) is 7.93. The van der Waals surface area contributed by atoms with Gasteiger partial charge in [-0.3, -0.25) is 0 Å². The zero-order valence-electron chi connectivity index (χ0n) is 11.1. The molecule has 1 fully saturated rings. The molecule has 0 spiro atoms. The van der Waals surface area contributed by atoms with Crippen molar-refractivity contribution in [1.82, 2.24) is 5.32 Å². The maximum atomic E-state index is 13.5. The van der Waals surface area contributed by atoms with Crippen LogP contribution in [0.2, 0.25) is 5.02 Å². The van der Waals surface area contributed by atoms with Crippen molar-refractivity contribution >= 4 is 34.2 Å². The normalized spacial score (nSPS) is 22.5. The van der Waals surface area contributed by atoms with Crippen LogP contribution in [0, 0.1) is 17.7 Å². The second-order valence-electron chi connectivity index (χ2n) is 5.20. The van der Waals surface area contributed by atoms with E-state index in [0.29, 0.717) is 17.6 Å². The maximum Gasteiger partial charge on any atom is 0.165 e. The van der Waals surface area contributed by atoms with E-state index in [4.69, 9.17) is 16.3 Å². The molecule has 5 heteroatoms.